The predicted octanol–water partition coefficient (Wildman–Crippen LogP) is -4.45. The SMILES string of the molecule is O=[N+]([O-])[O-].O=[N+]([O-])[O-].O=c1[nH]c(=O)c2c[nH]nc2[nH]1.O=c1[nH]c(=O)c2c[nH]nc2[nH]1.[Cd+2].[OH3+].[OH3+]. The third-order valence-electron chi connectivity index (χ3n) is 2.69. The summed E-state index contributed by atoms with van der Waals surface area (Å²) in [6.07, 6.45) is 2.84. The number of fused-ring (bicyclic) bond motifs is 2. The standard InChI is InChI=1S/2C5H4N4O2.Cd.2NO3.2H2O/c2*10-4-2-1-6-9-3(2)7-5(11)8-4;;2*2-1(3)4;;/h2*1H,(H3,6,7,8,9,10,11);;;;2*1H2/q;;+2;2*-1;;/p+2. The molecule has 0 spiro atoms. The monoisotopic (exact) mass is 580 g/mol. The Labute approximate surface area is 195 Å². The van der Waals surface area contributed by atoms with Gasteiger partial charge in [-0.2, -0.15) is 10.2 Å². The molecule has 0 aliphatic carbocycles. The van der Waals surface area contributed by atoms with Gasteiger partial charge in [0.2, 0.25) is 0 Å². The van der Waals surface area contributed by atoms with Crippen molar-refractivity contribution in [3.05, 3.63) is 84.7 Å². The van der Waals surface area contributed by atoms with Gasteiger partial charge < -0.3 is 41.6 Å². The largest absolute Gasteiger partial charge is 2.00 e. The summed E-state index contributed by atoms with van der Waals surface area (Å²) in [4.78, 5) is 68.5. The van der Waals surface area contributed by atoms with Crippen LogP contribution < -0.4 is 22.5 Å². The van der Waals surface area contributed by atoms with Gasteiger partial charge in [0, 0.05) is 12.4 Å². The molecule has 0 saturated carbocycles. The van der Waals surface area contributed by atoms with Crippen LogP contribution in [0.2, 0.25) is 0 Å². The Kier molecular flexibility index (Phi) is 15.4. The Bertz CT molecular complexity index is 1270. The van der Waals surface area contributed by atoms with Crippen molar-refractivity contribution in [2.75, 3.05) is 0 Å². The Morgan fingerprint density at radius 2 is 0.909 bits per heavy atom. The van der Waals surface area contributed by atoms with Gasteiger partial charge in [-0.3, -0.25) is 39.7 Å². The van der Waals surface area contributed by atoms with E-state index in [-0.39, 0.29) is 49.5 Å². The average Bonchev–Trinajstić information content (AvgIpc) is 3.23. The molecule has 0 fully saturated rings. The molecule has 176 valence electrons. The summed E-state index contributed by atoms with van der Waals surface area (Å²) in [7, 11) is 0. The summed E-state index contributed by atoms with van der Waals surface area (Å²) < 4.78 is 0. The molecular weight excluding hydrogens is 565 g/mol. The van der Waals surface area contributed by atoms with Crippen LogP contribution in [0.4, 0.5) is 0 Å². The van der Waals surface area contributed by atoms with Crippen molar-refractivity contribution in [2.24, 2.45) is 0 Å². The van der Waals surface area contributed by atoms with E-state index in [1.807, 2.05) is 0 Å². The summed E-state index contributed by atoms with van der Waals surface area (Å²) in [5.74, 6) is 0. The van der Waals surface area contributed by atoms with Crippen molar-refractivity contribution >= 4 is 22.1 Å². The smallest absolute Gasteiger partial charge is 0.457 e. The van der Waals surface area contributed by atoms with Crippen LogP contribution in [0.25, 0.3) is 22.1 Å². The molecular formula is C10H14CdN10O12+2. The summed E-state index contributed by atoms with van der Waals surface area (Å²) in [5.41, 5.74) is -1.41. The zero-order chi connectivity index (χ0) is 22.8. The minimum Gasteiger partial charge on any atom is -0.457 e. The van der Waals surface area contributed by atoms with Crippen molar-refractivity contribution in [2.45, 2.75) is 0 Å². The predicted molar refractivity (Wildman–Crippen MR) is 105 cm³/mol. The number of nitrogens with zero attached hydrogens (tertiary/aromatic N) is 4. The Morgan fingerprint density at radius 3 is 1.18 bits per heavy atom. The number of H-pyrrole nitrogens is 6. The van der Waals surface area contributed by atoms with E-state index in [1.54, 1.807) is 0 Å². The number of aromatic amines is 6. The van der Waals surface area contributed by atoms with Crippen LogP contribution in [-0.2, 0) is 38.3 Å². The van der Waals surface area contributed by atoms with Gasteiger partial charge in [0.25, 0.3) is 11.1 Å². The van der Waals surface area contributed by atoms with E-state index < -0.39 is 32.7 Å². The second-order valence-electron chi connectivity index (χ2n) is 4.56. The zero-order valence-electron chi connectivity index (χ0n) is 15.9. The Balaban J connectivity index is -0.000000389. The number of aromatic nitrogens is 8. The first kappa shape index (κ1) is 33.2. The van der Waals surface area contributed by atoms with E-state index in [0.717, 1.165) is 0 Å². The number of hydrogen-bond donors (Lipinski definition) is 6. The molecule has 0 atom stereocenters. The van der Waals surface area contributed by atoms with Crippen LogP contribution >= 0.6 is 0 Å². The second-order valence-corrected chi connectivity index (χ2v) is 4.56. The normalized spacial score (nSPS) is 8.48. The molecule has 0 saturated heterocycles. The van der Waals surface area contributed by atoms with E-state index >= 15 is 0 Å². The molecule has 0 aromatic carbocycles. The third-order valence-corrected chi connectivity index (χ3v) is 2.69. The maximum atomic E-state index is 10.9. The van der Waals surface area contributed by atoms with Crippen molar-refractivity contribution in [1.82, 2.24) is 40.3 Å². The fourth-order valence-corrected chi connectivity index (χ4v) is 1.74. The number of hydrogen-bond acceptors (Lipinski definition) is 12. The molecule has 12 N–H and O–H groups in total. The van der Waals surface area contributed by atoms with Crippen LogP contribution in [0.5, 0.6) is 0 Å². The first-order chi connectivity index (χ1) is 14.0. The maximum absolute atomic E-state index is 10.9. The van der Waals surface area contributed by atoms with Crippen molar-refractivity contribution in [1.29, 1.82) is 0 Å². The van der Waals surface area contributed by atoms with Crippen molar-refractivity contribution in [3.63, 3.8) is 0 Å². The Hall–Kier alpha value is -4.46. The van der Waals surface area contributed by atoms with E-state index in [9.17, 15) is 19.2 Å². The van der Waals surface area contributed by atoms with Gasteiger partial charge in [-0.25, -0.2) is 9.59 Å². The fraction of sp³-hybridized carbons (Fsp3) is 0. The molecule has 0 aliphatic heterocycles. The van der Waals surface area contributed by atoms with E-state index in [1.165, 1.54) is 12.4 Å². The molecule has 4 aromatic rings. The van der Waals surface area contributed by atoms with Gasteiger partial charge in [-0.05, 0) is 0 Å². The third kappa shape index (κ3) is 11.5. The summed E-state index contributed by atoms with van der Waals surface area (Å²) >= 11 is 0. The minimum absolute atomic E-state index is 0. The zero-order valence-corrected chi connectivity index (χ0v) is 19.9. The molecule has 23 heteroatoms. The summed E-state index contributed by atoms with van der Waals surface area (Å²) in [5, 5.41) is 42.4. The molecule has 0 amide bonds. The van der Waals surface area contributed by atoms with Crippen molar-refractivity contribution < 1.29 is 48.4 Å². The van der Waals surface area contributed by atoms with Crippen LogP contribution in [0.1, 0.15) is 0 Å². The number of rotatable bonds is 0. The molecule has 0 bridgehead atoms. The molecule has 4 rings (SSSR count). The molecule has 0 radical (unpaired) electrons. The number of nitrogens with one attached hydrogen (secondary N) is 6. The molecule has 4 heterocycles. The first-order valence-electron chi connectivity index (χ1n) is 6.96. The van der Waals surface area contributed by atoms with Gasteiger partial charge in [0.15, 0.2) is 11.3 Å². The van der Waals surface area contributed by atoms with Crippen LogP contribution in [0, 0.1) is 30.6 Å². The molecule has 4 aromatic heterocycles. The van der Waals surface area contributed by atoms with Gasteiger partial charge in [-0.1, -0.05) is 0 Å². The van der Waals surface area contributed by atoms with E-state index in [2.05, 4.69) is 40.3 Å². The first-order valence-corrected chi connectivity index (χ1v) is 6.96. The molecule has 0 aliphatic rings. The Morgan fingerprint density at radius 1 is 0.636 bits per heavy atom. The van der Waals surface area contributed by atoms with Crippen LogP contribution in [-0.4, -0.2) is 50.5 Å². The van der Waals surface area contributed by atoms with E-state index in [0.29, 0.717) is 10.8 Å². The molecule has 0 unspecified atom stereocenters. The van der Waals surface area contributed by atoms with Crippen LogP contribution in [0.15, 0.2) is 31.6 Å². The van der Waals surface area contributed by atoms with Gasteiger partial charge in [-0.15, -0.1) is 0 Å². The van der Waals surface area contributed by atoms with Crippen molar-refractivity contribution in [3.8, 4) is 0 Å². The molecule has 22 nitrogen and oxygen atoms in total. The van der Waals surface area contributed by atoms with Gasteiger partial charge in [0.1, 0.15) is 10.8 Å². The van der Waals surface area contributed by atoms with Gasteiger partial charge in [0.05, 0.1) is 10.2 Å². The second kappa shape index (κ2) is 15.4. The maximum Gasteiger partial charge on any atom is 2.00 e. The minimum atomic E-state index is -1.75. The average molecular weight is 579 g/mol. The quantitative estimate of drug-likeness (QED) is 0.0497. The summed E-state index contributed by atoms with van der Waals surface area (Å²) in [6, 6.07) is 0. The van der Waals surface area contributed by atoms with Crippen LogP contribution in [0.3, 0.4) is 0 Å². The molecule has 33 heavy (non-hydrogen) atoms. The topological polar surface area (TPSA) is 387 Å². The van der Waals surface area contributed by atoms with Gasteiger partial charge >= 0.3 is 38.7 Å². The van der Waals surface area contributed by atoms with E-state index in [4.69, 9.17) is 30.6 Å². The fourth-order valence-electron chi connectivity index (χ4n) is 1.74. The summed E-state index contributed by atoms with van der Waals surface area (Å²) in [6.45, 7) is 0.